The molecule has 0 saturated carbocycles. The Bertz CT molecular complexity index is 506. The lowest BCUT2D eigenvalue weighted by Gasteiger charge is -2.25. The fourth-order valence-electron chi connectivity index (χ4n) is 2.19. The first-order chi connectivity index (χ1) is 8.50. The van der Waals surface area contributed by atoms with E-state index in [9.17, 15) is 14.9 Å². The van der Waals surface area contributed by atoms with Gasteiger partial charge in [-0.05, 0) is 18.9 Å². The van der Waals surface area contributed by atoms with E-state index in [0.29, 0.717) is 18.7 Å². The van der Waals surface area contributed by atoms with Gasteiger partial charge in [-0.2, -0.15) is 0 Å². The highest BCUT2D eigenvalue weighted by molar-refractivity contribution is 6.33. The highest BCUT2D eigenvalue weighted by Crippen LogP contribution is 2.34. The monoisotopic (exact) mass is 269 g/mol. The summed E-state index contributed by atoms with van der Waals surface area (Å²) in [4.78, 5) is 23.2. The summed E-state index contributed by atoms with van der Waals surface area (Å²) < 4.78 is 0. The molecule has 1 saturated heterocycles. The number of nitro groups is 1. The number of anilines is 1. The van der Waals surface area contributed by atoms with Gasteiger partial charge in [0, 0.05) is 18.7 Å². The van der Waals surface area contributed by atoms with E-state index in [4.69, 9.17) is 17.3 Å². The summed E-state index contributed by atoms with van der Waals surface area (Å²) in [6.45, 7) is 0.672. The molecule has 1 aliphatic rings. The first-order valence-electron chi connectivity index (χ1n) is 5.50. The SMILES string of the molecule is NC(=O)[C@@H]1CCCN1c1ccc([N+](=O)[O-])cc1Cl. The van der Waals surface area contributed by atoms with Crippen LogP contribution in [-0.4, -0.2) is 23.4 Å². The second-order valence-corrected chi connectivity index (χ2v) is 4.55. The fourth-order valence-corrected chi connectivity index (χ4v) is 2.48. The maximum absolute atomic E-state index is 11.3. The minimum absolute atomic E-state index is 0.0708. The zero-order valence-electron chi connectivity index (χ0n) is 9.51. The molecule has 96 valence electrons. The quantitative estimate of drug-likeness (QED) is 0.668. The molecule has 0 spiro atoms. The third-order valence-corrected chi connectivity index (χ3v) is 3.34. The summed E-state index contributed by atoms with van der Waals surface area (Å²) in [6.07, 6.45) is 1.53. The van der Waals surface area contributed by atoms with Crippen LogP contribution in [-0.2, 0) is 4.79 Å². The first-order valence-corrected chi connectivity index (χ1v) is 5.88. The lowest BCUT2D eigenvalue weighted by molar-refractivity contribution is -0.384. The van der Waals surface area contributed by atoms with Crippen molar-refractivity contribution in [1.82, 2.24) is 0 Å². The number of primary amides is 1. The molecule has 1 atom stereocenters. The van der Waals surface area contributed by atoms with Gasteiger partial charge in [0.05, 0.1) is 15.6 Å². The van der Waals surface area contributed by atoms with Crippen LogP contribution in [0.5, 0.6) is 0 Å². The van der Waals surface area contributed by atoms with E-state index in [1.54, 1.807) is 11.0 Å². The van der Waals surface area contributed by atoms with Gasteiger partial charge in [0.2, 0.25) is 5.91 Å². The molecular weight excluding hydrogens is 258 g/mol. The smallest absolute Gasteiger partial charge is 0.271 e. The molecule has 2 N–H and O–H groups in total. The second-order valence-electron chi connectivity index (χ2n) is 4.15. The van der Waals surface area contributed by atoms with Crippen molar-refractivity contribution in [3.05, 3.63) is 33.3 Å². The van der Waals surface area contributed by atoms with E-state index in [1.165, 1.54) is 12.1 Å². The number of benzene rings is 1. The third-order valence-electron chi connectivity index (χ3n) is 3.03. The van der Waals surface area contributed by atoms with Crippen LogP contribution in [0, 0.1) is 10.1 Å². The van der Waals surface area contributed by atoms with E-state index < -0.39 is 10.8 Å². The molecule has 6 nitrogen and oxygen atoms in total. The van der Waals surface area contributed by atoms with Crippen molar-refractivity contribution in [2.75, 3.05) is 11.4 Å². The Labute approximate surface area is 108 Å². The van der Waals surface area contributed by atoms with E-state index >= 15 is 0 Å². The minimum atomic E-state index is -0.509. The van der Waals surface area contributed by atoms with Gasteiger partial charge in [-0.15, -0.1) is 0 Å². The average molecular weight is 270 g/mol. The van der Waals surface area contributed by atoms with Gasteiger partial charge in [-0.3, -0.25) is 14.9 Å². The Morgan fingerprint density at radius 1 is 1.56 bits per heavy atom. The molecule has 0 aliphatic carbocycles. The summed E-state index contributed by atoms with van der Waals surface area (Å²) in [5.41, 5.74) is 5.87. The summed E-state index contributed by atoms with van der Waals surface area (Å²) in [7, 11) is 0. The molecule has 0 unspecified atom stereocenters. The molecule has 0 bridgehead atoms. The Balaban J connectivity index is 2.33. The van der Waals surface area contributed by atoms with Crippen LogP contribution in [0.4, 0.5) is 11.4 Å². The van der Waals surface area contributed by atoms with E-state index in [0.717, 1.165) is 6.42 Å². The number of amides is 1. The molecule has 1 aromatic carbocycles. The number of nitrogens with two attached hydrogens (primary N) is 1. The van der Waals surface area contributed by atoms with Gasteiger partial charge in [-0.25, -0.2) is 0 Å². The number of nitro benzene ring substituents is 1. The van der Waals surface area contributed by atoms with Crippen molar-refractivity contribution in [3.8, 4) is 0 Å². The van der Waals surface area contributed by atoms with E-state index in [1.807, 2.05) is 0 Å². The molecule has 0 aromatic heterocycles. The number of hydrogen-bond donors (Lipinski definition) is 1. The van der Waals surface area contributed by atoms with Crippen molar-refractivity contribution >= 4 is 28.9 Å². The number of hydrogen-bond acceptors (Lipinski definition) is 4. The number of halogens is 1. The molecule has 18 heavy (non-hydrogen) atoms. The molecule has 1 fully saturated rings. The highest BCUT2D eigenvalue weighted by atomic mass is 35.5. The highest BCUT2D eigenvalue weighted by Gasteiger charge is 2.30. The van der Waals surface area contributed by atoms with Gasteiger partial charge >= 0.3 is 0 Å². The summed E-state index contributed by atoms with van der Waals surface area (Å²) in [5, 5.41) is 10.9. The Kier molecular flexibility index (Phi) is 3.38. The largest absolute Gasteiger partial charge is 0.368 e. The van der Waals surface area contributed by atoms with Crippen LogP contribution >= 0.6 is 11.6 Å². The number of carbonyl (C=O) groups excluding carboxylic acids is 1. The van der Waals surface area contributed by atoms with Crippen molar-refractivity contribution in [2.24, 2.45) is 5.73 Å². The zero-order chi connectivity index (χ0) is 13.3. The average Bonchev–Trinajstić information content (AvgIpc) is 2.77. The first kappa shape index (κ1) is 12.6. The predicted molar refractivity (Wildman–Crippen MR) is 67.7 cm³/mol. The lowest BCUT2D eigenvalue weighted by atomic mass is 10.2. The molecule has 1 heterocycles. The van der Waals surface area contributed by atoms with Crippen molar-refractivity contribution in [1.29, 1.82) is 0 Å². The topological polar surface area (TPSA) is 89.5 Å². The third kappa shape index (κ3) is 2.24. The normalized spacial score (nSPS) is 18.9. The lowest BCUT2D eigenvalue weighted by Crippen LogP contribution is -2.40. The molecule has 1 aliphatic heterocycles. The number of carbonyl (C=O) groups is 1. The van der Waals surface area contributed by atoms with E-state index in [2.05, 4.69) is 0 Å². The Hall–Kier alpha value is -1.82. The minimum Gasteiger partial charge on any atom is -0.368 e. The van der Waals surface area contributed by atoms with Gasteiger partial charge in [0.25, 0.3) is 5.69 Å². The van der Waals surface area contributed by atoms with Crippen molar-refractivity contribution in [3.63, 3.8) is 0 Å². The maximum Gasteiger partial charge on any atom is 0.271 e. The molecule has 1 amide bonds. The van der Waals surface area contributed by atoms with Crippen LogP contribution in [0.25, 0.3) is 0 Å². The molecule has 7 heteroatoms. The van der Waals surface area contributed by atoms with Crippen LogP contribution in [0.1, 0.15) is 12.8 Å². The number of nitrogens with zero attached hydrogens (tertiary/aromatic N) is 2. The van der Waals surface area contributed by atoms with Gasteiger partial charge in [0.15, 0.2) is 0 Å². The van der Waals surface area contributed by atoms with Gasteiger partial charge in [0.1, 0.15) is 6.04 Å². The number of non-ortho nitro benzene ring substituents is 1. The second kappa shape index (κ2) is 4.81. The molecule has 0 radical (unpaired) electrons. The molecule has 2 rings (SSSR count). The summed E-state index contributed by atoms with van der Waals surface area (Å²) >= 11 is 6.03. The summed E-state index contributed by atoms with van der Waals surface area (Å²) in [6, 6.07) is 3.83. The van der Waals surface area contributed by atoms with Gasteiger partial charge in [-0.1, -0.05) is 11.6 Å². The Morgan fingerprint density at radius 3 is 2.83 bits per heavy atom. The van der Waals surface area contributed by atoms with Crippen LogP contribution < -0.4 is 10.6 Å². The van der Waals surface area contributed by atoms with Crippen LogP contribution in [0.15, 0.2) is 18.2 Å². The summed E-state index contributed by atoms with van der Waals surface area (Å²) in [5.74, 6) is -0.401. The van der Waals surface area contributed by atoms with Crippen molar-refractivity contribution < 1.29 is 9.72 Å². The van der Waals surface area contributed by atoms with Crippen LogP contribution in [0.2, 0.25) is 5.02 Å². The molecule has 1 aromatic rings. The van der Waals surface area contributed by atoms with Crippen molar-refractivity contribution in [2.45, 2.75) is 18.9 Å². The number of rotatable bonds is 3. The predicted octanol–water partition coefficient (Wildman–Crippen LogP) is 1.70. The molecular formula is C11H12ClN3O3. The maximum atomic E-state index is 11.3. The van der Waals surface area contributed by atoms with Gasteiger partial charge < -0.3 is 10.6 Å². The standard InChI is InChI=1S/C11H12ClN3O3/c12-8-6-7(15(17)18)3-4-9(8)14-5-1-2-10(14)11(13)16/h3-4,6,10H,1-2,5H2,(H2,13,16)/t10-/m0/s1. The van der Waals surface area contributed by atoms with E-state index in [-0.39, 0.29) is 16.8 Å². The fraction of sp³-hybridized carbons (Fsp3) is 0.364. The van der Waals surface area contributed by atoms with Crippen LogP contribution in [0.3, 0.4) is 0 Å². The Morgan fingerprint density at radius 2 is 2.28 bits per heavy atom. The zero-order valence-corrected chi connectivity index (χ0v) is 10.3.